The van der Waals surface area contributed by atoms with E-state index in [-0.39, 0.29) is 0 Å². The lowest BCUT2D eigenvalue weighted by Gasteiger charge is -2.18. The number of aromatic nitrogens is 2. The number of hydrogen-bond donors (Lipinski definition) is 1. The number of carbonyl (C=O) groups excluding carboxylic acids is 1. The molecule has 3 aromatic rings. The number of anilines is 1. The molecule has 7 nitrogen and oxygen atoms in total. The molecule has 2 aromatic carbocycles. The van der Waals surface area contributed by atoms with Gasteiger partial charge in [0.05, 0.1) is 10.6 Å². The van der Waals surface area contributed by atoms with Crippen LogP contribution >= 0.6 is 0 Å². The quantitative estimate of drug-likeness (QED) is 0.560. The lowest BCUT2D eigenvalue weighted by atomic mass is 10.1. The summed E-state index contributed by atoms with van der Waals surface area (Å²) in [5.41, 5.74) is -0.848. The topological polar surface area (TPSA) is 90.1 Å². The van der Waals surface area contributed by atoms with E-state index in [1.165, 1.54) is 10.9 Å². The van der Waals surface area contributed by atoms with Crippen molar-refractivity contribution in [1.82, 2.24) is 9.78 Å². The van der Waals surface area contributed by atoms with E-state index in [1.807, 2.05) is 0 Å². The Balaban J connectivity index is 1.97. The molecule has 0 saturated carbocycles. The van der Waals surface area contributed by atoms with Crippen LogP contribution in [0.4, 0.5) is 20.2 Å². The number of carbonyl (C=O) groups is 1. The minimum Gasteiger partial charge on any atom is -0.321 e. The summed E-state index contributed by atoms with van der Waals surface area (Å²) in [6.07, 6.45) is 3.03. The molecule has 1 atom stereocenters. The zero-order valence-corrected chi connectivity index (χ0v) is 13.2. The van der Waals surface area contributed by atoms with E-state index < -0.39 is 39.9 Å². The molecule has 0 aliphatic rings. The lowest BCUT2D eigenvalue weighted by molar-refractivity contribution is -0.387. The van der Waals surface area contributed by atoms with Crippen LogP contribution in [0.2, 0.25) is 0 Å². The predicted molar refractivity (Wildman–Crippen MR) is 88.5 cm³/mol. The molecule has 0 aliphatic carbocycles. The average molecular weight is 358 g/mol. The predicted octanol–water partition coefficient (Wildman–Crippen LogP) is 3.30. The smallest absolute Gasteiger partial charge is 0.307 e. The molecular weight excluding hydrogens is 346 g/mol. The number of rotatable bonds is 5. The monoisotopic (exact) mass is 358 g/mol. The van der Waals surface area contributed by atoms with Gasteiger partial charge < -0.3 is 5.32 Å². The Bertz CT molecular complexity index is 946. The summed E-state index contributed by atoms with van der Waals surface area (Å²) in [5.74, 6) is -3.12. The molecule has 1 heterocycles. The van der Waals surface area contributed by atoms with Gasteiger partial charge in [0.2, 0.25) is 5.82 Å². The van der Waals surface area contributed by atoms with E-state index in [2.05, 4.69) is 10.4 Å². The zero-order chi connectivity index (χ0) is 18.7. The summed E-state index contributed by atoms with van der Waals surface area (Å²) in [6, 6.07) is 10.3. The summed E-state index contributed by atoms with van der Waals surface area (Å²) in [7, 11) is 0. The molecule has 0 fully saturated rings. The first kappa shape index (κ1) is 17.2. The van der Waals surface area contributed by atoms with Crippen molar-refractivity contribution in [2.45, 2.75) is 6.04 Å². The first-order valence-electron chi connectivity index (χ1n) is 7.45. The number of nitro groups is 1. The Kier molecular flexibility index (Phi) is 4.70. The summed E-state index contributed by atoms with van der Waals surface area (Å²) in [6.45, 7) is 0. The molecule has 9 heteroatoms. The minimum absolute atomic E-state index is 0.360. The molecule has 132 valence electrons. The third-order valence-electron chi connectivity index (χ3n) is 3.64. The first-order chi connectivity index (χ1) is 12.5. The van der Waals surface area contributed by atoms with Gasteiger partial charge in [-0.2, -0.15) is 9.49 Å². The molecule has 0 spiro atoms. The number of halogens is 2. The van der Waals surface area contributed by atoms with Crippen LogP contribution in [0, 0.1) is 21.7 Å². The fraction of sp³-hybridized carbons (Fsp3) is 0.0588. The van der Waals surface area contributed by atoms with Crippen molar-refractivity contribution >= 4 is 17.3 Å². The normalized spacial score (nSPS) is 11.8. The molecule has 1 amide bonds. The third-order valence-corrected chi connectivity index (χ3v) is 3.64. The Hall–Kier alpha value is -3.62. The molecule has 0 radical (unpaired) electrons. The Labute approximate surface area is 146 Å². The van der Waals surface area contributed by atoms with Crippen molar-refractivity contribution in [3.63, 3.8) is 0 Å². The summed E-state index contributed by atoms with van der Waals surface area (Å²) in [4.78, 5) is 22.6. The number of hydrogen-bond acceptors (Lipinski definition) is 4. The number of nitro benzene ring substituents is 1. The van der Waals surface area contributed by atoms with Crippen LogP contribution in [-0.4, -0.2) is 20.6 Å². The van der Waals surface area contributed by atoms with Crippen LogP contribution < -0.4 is 5.32 Å². The van der Waals surface area contributed by atoms with Crippen LogP contribution in [0.25, 0.3) is 0 Å². The highest BCUT2D eigenvalue weighted by molar-refractivity contribution is 5.96. The van der Waals surface area contributed by atoms with Gasteiger partial charge in [0.15, 0.2) is 6.04 Å². The van der Waals surface area contributed by atoms with Gasteiger partial charge in [0.25, 0.3) is 5.91 Å². The molecule has 0 saturated heterocycles. The fourth-order valence-electron chi connectivity index (χ4n) is 2.47. The standard InChI is InChI=1S/C17H12F2N4O3/c18-12-9-13(19)15(23(25)26)10-14(12)21-17(24)16(22-8-4-7-20-22)11-5-2-1-3-6-11/h1-10,16H,(H,21,24)/t16-/m0/s1. The van der Waals surface area contributed by atoms with Crippen molar-refractivity contribution in [3.8, 4) is 0 Å². The number of benzene rings is 2. The van der Waals surface area contributed by atoms with Gasteiger partial charge in [0, 0.05) is 24.5 Å². The van der Waals surface area contributed by atoms with Gasteiger partial charge in [-0.25, -0.2) is 4.39 Å². The number of nitrogens with one attached hydrogen (secondary N) is 1. The summed E-state index contributed by atoms with van der Waals surface area (Å²) >= 11 is 0. The second-order valence-electron chi connectivity index (χ2n) is 5.33. The van der Waals surface area contributed by atoms with Crippen molar-refractivity contribution in [2.75, 3.05) is 5.32 Å². The molecular formula is C17H12F2N4O3. The highest BCUT2D eigenvalue weighted by Gasteiger charge is 2.26. The summed E-state index contributed by atoms with van der Waals surface area (Å²) < 4.78 is 28.8. The van der Waals surface area contributed by atoms with Crippen LogP contribution in [0.5, 0.6) is 0 Å². The third kappa shape index (κ3) is 3.41. The SMILES string of the molecule is O=C(Nc1cc([N+](=O)[O-])c(F)cc1F)[C@H](c1ccccc1)n1cccn1. The van der Waals surface area contributed by atoms with E-state index >= 15 is 0 Å². The van der Waals surface area contributed by atoms with E-state index in [0.717, 1.165) is 0 Å². The Morgan fingerprint density at radius 2 is 1.88 bits per heavy atom. The van der Waals surface area contributed by atoms with Gasteiger partial charge in [-0.15, -0.1) is 0 Å². The minimum atomic E-state index is -1.32. The largest absolute Gasteiger partial charge is 0.321 e. The molecule has 0 bridgehead atoms. The molecule has 1 aromatic heterocycles. The molecule has 0 aliphatic heterocycles. The fourth-order valence-corrected chi connectivity index (χ4v) is 2.47. The van der Waals surface area contributed by atoms with E-state index in [0.29, 0.717) is 17.7 Å². The van der Waals surface area contributed by atoms with Crippen molar-refractivity contribution in [1.29, 1.82) is 0 Å². The van der Waals surface area contributed by atoms with E-state index in [9.17, 15) is 23.7 Å². The van der Waals surface area contributed by atoms with Crippen LogP contribution in [0.1, 0.15) is 11.6 Å². The number of nitrogens with zero attached hydrogens (tertiary/aromatic N) is 3. The molecule has 0 unspecified atom stereocenters. The van der Waals surface area contributed by atoms with Crippen molar-refractivity contribution in [2.24, 2.45) is 0 Å². The first-order valence-corrected chi connectivity index (χ1v) is 7.45. The maximum Gasteiger partial charge on any atom is 0.307 e. The highest BCUT2D eigenvalue weighted by atomic mass is 19.1. The Morgan fingerprint density at radius 1 is 1.15 bits per heavy atom. The van der Waals surface area contributed by atoms with E-state index in [4.69, 9.17) is 0 Å². The maximum absolute atomic E-state index is 14.0. The maximum atomic E-state index is 14.0. The zero-order valence-electron chi connectivity index (χ0n) is 13.2. The van der Waals surface area contributed by atoms with Crippen molar-refractivity contribution in [3.05, 3.63) is 88.2 Å². The highest BCUT2D eigenvalue weighted by Crippen LogP contribution is 2.27. The van der Waals surface area contributed by atoms with Crippen LogP contribution in [0.3, 0.4) is 0 Å². The Morgan fingerprint density at radius 3 is 2.50 bits per heavy atom. The lowest BCUT2D eigenvalue weighted by Crippen LogP contribution is -2.27. The van der Waals surface area contributed by atoms with Gasteiger partial charge in [-0.1, -0.05) is 30.3 Å². The summed E-state index contributed by atoms with van der Waals surface area (Å²) in [5, 5.41) is 17.1. The van der Waals surface area contributed by atoms with E-state index in [1.54, 1.807) is 42.6 Å². The average Bonchev–Trinajstić information content (AvgIpc) is 3.12. The number of amides is 1. The molecule has 3 rings (SSSR count). The molecule has 26 heavy (non-hydrogen) atoms. The second kappa shape index (κ2) is 7.09. The van der Waals surface area contributed by atoms with Gasteiger partial charge >= 0.3 is 5.69 Å². The van der Waals surface area contributed by atoms with Gasteiger partial charge in [-0.3, -0.25) is 19.6 Å². The van der Waals surface area contributed by atoms with Gasteiger partial charge in [-0.05, 0) is 11.6 Å². The van der Waals surface area contributed by atoms with Crippen LogP contribution in [0.15, 0.2) is 60.9 Å². The second-order valence-corrected chi connectivity index (χ2v) is 5.33. The van der Waals surface area contributed by atoms with Crippen LogP contribution in [-0.2, 0) is 4.79 Å². The van der Waals surface area contributed by atoms with Crippen molar-refractivity contribution < 1.29 is 18.5 Å². The molecule has 1 N–H and O–H groups in total. The van der Waals surface area contributed by atoms with Gasteiger partial charge in [0.1, 0.15) is 5.82 Å².